The van der Waals surface area contributed by atoms with Crippen LogP contribution < -0.4 is 22.5 Å². The fourth-order valence-electron chi connectivity index (χ4n) is 12.9. The van der Waals surface area contributed by atoms with Crippen molar-refractivity contribution in [3.8, 4) is 0 Å². The van der Waals surface area contributed by atoms with Gasteiger partial charge < -0.3 is 36.7 Å². The third kappa shape index (κ3) is 13.9. The molecule has 0 aromatic rings. The number of rotatable bonds is 32. The summed E-state index contributed by atoms with van der Waals surface area (Å²) in [7, 11) is 0. The molecule has 0 unspecified atom stereocenters. The molecule has 0 aromatic heterocycles. The van der Waals surface area contributed by atoms with Crippen LogP contribution in [-0.2, 0) is 14.2 Å². The molecule has 0 bridgehead atoms. The summed E-state index contributed by atoms with van der Waals surface area (Å²) in [6.07, 6.45) is 35.0. The highest BCUT2D eigenvalue weighted by molar-refractivity contribution is 5.15. The molecule has 0 radical (unpaired) electrons. The van der Waals surface area contributed by atoms with Gasteiger partial charge in [-0.25, -0.2) is 0 Å². The second kappa shape index (κ2) is 26.8. The maximum atomic E-state index is 7.07. The van der Waals surface area contributed by atoms with Crippen LogP contribution >= 0.6 is 0 Å². The van der Waals surface area contributed by atoms with Gasteiger partial charge in [0.1, 0.15) is 0 Å². The summed E-state index contributed by atoms with van der Waals surface area (Å²) in [5.74, 6) is 3.91. The molecule has 7 nitrogen and oxygen atoms in total. The van der Waals surface area contributed by atoms with Crippen LogP contribution in [0.3, 0.4) is 0 Å². The Bertz CT molecular complexity index is 1000. The monoisotopic (exact) mass is 789 g/mol. The quantitative estimate of drug-likeness (QED) is 0.0501. The summed E-state index contributed by atoms with van der Waals surface area (Å²) in [4.78, 5) is 0. The van der Waals surface area contributed by atoms with Crippen molar-refractivity contribution in [1.82, 2.24) is 5.32 Å². The number of nitrogens with two attached hydrogens (primary N) is 3. The first-order valence-electron chi connectivity index (χ1n) is 25.0. The minimum absolute atomic E-state index is 0.179. The smallest absolute Gasteiger partial charge is 0.0637 e. The molecule has 0 spiro atoms. The van der Waals surface area contributed by atoms with Crippen LogP contribution in [0.4, 0.5) is 0 Å². The third-order valence-electron chi connectivity index (χ3n) is 16.2. The van der Waals surface area contributed by atoms with Crippen molar-refractivity contribution < 1.29 is 14.2 Å². The summed E-state index contributed by atoms with van der Waals surface area (Å²) in [6, 6.07) is 0. The second-order valence-corrected chi connectivity index (χ2v) is 19.9. The molecule has 0 aromatic carbocycles. The van der Waals surface area contributed by atoms with E-state index in [1.807, 2.05) is 0 Å². The van der Waals surface area contributed by atoms with Crippen LogP contribution in [0.2, 0.25) is 0 Å². The number of hydrogen-bond donors (Lipinski definition) is 4. The molecule has 4 fully saturated rings. The van der Waals surface area contributed by atoms with Gasteiger partial charge in [-0.05, 0) is 157 Å². The van der Waals surface area contributed by atoms with E-state index in [9.17, 15) is 0 Å². The first-order chi connectivity index (χ1) is 27.3. The molecular weight excluding hydrogens is 693 g/mol. The highest BCUT2D eigenvalue weighted by Gasteiger charge is 2.66. The average Bonchev–Trinajstić information content (AvgIpc) is 3.56. The largest absolute Gasteiger partial charge is 0.378 e. The van der Waals surface area contributed by atoms with Gasteiger partial charge in [-0.2, -0.15) is 0 Å². The van der Waals surface area contributed by atoms with Crippen LogP contribution in [-0.4, -0.2) is 70.9 Å². The second-order valence-electron chi connectivity index (χ2n) is 19.9. The Kier molecular flexibility index (Phi) is 23.2. The highest BCUT2D eigenvalue weighted by atomic mass is 16.5. The van der Waals surface area contributed by atoms with E-state index in [-0.39, 0.29) is 5.41 Å². The van der Waals surface area contributed by atoms with Gasteiger partial charge in [0.2, 0.25) is 0 Å². The van der Waals surface area contributed by atoms with E-state index < -0.39 is 0 Å². The maximum Gasteiger partial charge on any atom is 0.0637 e. The normalized spacial score (nSPS) is 33.3. The number of unbranched alkanes of at least 4 members (excludes halogenated alkanes) is 13. The first kappa shape index (κ1) is 48.4. The molecule has 4 aliphatic rings. The van der Waals surface area contributed by atoms with Crippen LogP contribution in [0.15, 0.2) is 0 Å². The molecular formula is C49H96N4O3. The molecule has 0 aliphatic heterocycles. The Morgan fingerprint density at radius 1 is 0.607 bits per heavy atom. The number of ether oxygens (including phenoxy) is 3. The van der Waals surface area contributed by atoms with E-state index in [1.54, 1.807) is 0 Å². The van der Waals surface area contributed by atoms with Crippen molar-refractivity contribution in [1.29, 1.82) is 0 Å². The Labute approximate surface area is 347 Å². The van der Waals surface area contributed by atoms with Gasteiger partial charge >= 0.3 is 0 Å². The van der Waals surface area contributed by atoms with Gasteiger partial charge in [0.15, 0.2) is 0 Å². The number of fused-ring (bicyclic) bond motifs is 5. The SMILES string of the molecule is CCCCCCCCCCCCCCCCNCCC[C@@H](C)[C@H]1CC[C@H]2[C@@H]3[C@H](OCCCN)C[C@@H]4C[C@H](OCCCN)CC[C@]4(C)[C@H]3C[C@H](OCCCN)[C@]12C. The Morgan fingerprint density at radius 2 is 1.18 bits per heavy atom. The predicted molar refractivity (Wildman–Crippen MR) is 238 cm³/mol. The molecule has 4 aliphatic carbocycles. The lowest BCUT2D eigenvalue weighted by molar-refractivity contribution is -0.227. The van der Waals surface area contributed by atoms with Crippen molar-refractivity contribution in [2.75, 3.05) is 52.5 Å². The fourth-order valence-corrected chi connectivity index (χ4v) is 12.9. The third-order valence-corrected chi connectivity index (χ3v) is 16.2. The van der Waals surface area contributed by atoms with Crippen molar-refractivity contribution in [3.63, 3.8) is 0 Å². The van der Waals surface area contributed by atoms with Crippen molar-refractivity contribution >= 4 is 0 Å². The van der Waals surface area contributed by atoms with Crippen molar-refractivity contribution in [2.24, 2.45) is 63.5 Å². The first-order valence-corrected chi connectivity index (χ1v) is 25.0. The van der Waals surface area contributed by atoms with E-state index in [2.05, 4.69) is 33.0 Å². The number of hydrogen-bond acceptors (Lipinski definition) is 7. The van der Waals surface area contributed by atoms with E-state index in [1.165, 1.54) is 148 Å². The summed E-state index contributed by atoms with van der Waals surface area (Å²) in [6.45, 7) is 17.0. The molecule has 56 heavy (non-hydrogen) atoms. The summed E-state index contributed by atoms with van der Waals surface area (Å²) >= 11 is 0. The van der Waals surface area contributed by atoms with Crippen LogP contribution in [0.25, 0.3) is 0 Å². The standard InChI is InChI=1S/C49H96N4O3/c1-5-6-7-8-9-10-11-12-13-14-15-16-17-18-31-53-32-19-23-39(2)42-24-25-43-47-44(38-46(49(42,43)4)56-35-22-30-52)48(3)27-26-41(54-33-20-28-50)36-40(48)37-45(47)55-34-21-29-51/h39-47,53H,5-38,50-52H2,1-4H3/t39-,40+,41-,42-,43+,44+,45-,46+,47+,48+,49-/m1/s1. The van der Waals surface area contributed by atoms with Gasteiger partial charge in [0.05, 0.1) is 18.3 Å². The maximum absolute atomic E-state index is 7.07. The average molecular weight is 789 g/mol. The van der Waals surface area contributed by atoms with Gasteiger partial charge in [0, 0.05) is 25.2 Å². The van der Waals surface area contributed by atoms with E-state index >= 15 is 0 Å². The Morgan fingerprint density at radius 3 is 1.80 bits per heavy atom. The summed E-state index contributed by atoms with van der Waals surface area (Å²) in [5, 5.41) is 3.82. The zero-order valence-corrected chi connectivity index (χ0v) is 37.7. The summed E-state index contributed by atoms with van der Waals surface area (Å²) in [5.41, 5.74) is 18.3. The lowest BCUT2D eigenvalue weighted by atomic mass is 9.43. The van der Waals surface area contributed by atoms with E-state index in [0.29, 0.717) is 78.9 Å². The van der Waals surface area contributed by atoms with Crippen molar-refractivity contribution in [3.05, 3.63) is 0 Å². The molecule has 4 rings (SSSR count). The lowest BCUT2D eigenvalue weighted by Crippen LogP contribution is -2.63. The molecule has 330 valence electrons. The zero-order chi connectivity index (χ0) is 40.1. The Balaban J connectivity index is 1.26. The molecule has 0 heterocycles. The lowest BCUT2D eigenvalue weighted by Gasteiger charge is -2.65. The molecule has 0 amide bonds. The highest BCUT2D eigenvalue weighted by Crippen LogP contribution is 2.69. The summed E-state index contributed by atoms with van der Waals surface area (Å²) < 4.78 is 20.5. The molecule has 11 atom stereocenters. The minimum Gasteiger partial charge on any atom is -0.378 e. The van der Waals surface area contributed by atoms with Crippen molar-refractivity contribution in [2.45, 2.75) is 213 Å². The van der Waals surface area contributed by atoms with Gasteiger partial charge in [-0.15, -0.1) is 0 Å². The molecule has 0 saturated heterocycles. The van der Waals surface area contributed by atoms with Gasteiger partial charge in [-0.1, -0.05) is 111 Å². The van der Waals surface area contributed by atoms with Crippen LogP contribution in [0.5, 0.6) is 0 Å². The van der Waals surface area contributed by atoms with E-state index in [4.69, 9.17) is 31.4 Å². The predicted octanol–water partition coefficient (Wildman–Crippen LogP) is 10.6. The van der Waals surface area contributed by atoms with Crippen LogP contribution in [0.1, 0.15) is 195 Å². The Hall–Kier alpha value is -0.280. The molecule has 4 saturated carbocycles. The molecule has 7 N–H and O–H groups in total. The number of nitrogens with one attached hydrogen (secondary N) is 1. The van der Waals surface area contributed by atoms with E-state index in [0.717, 1.165) is 52.0 Å². The van der Waals surface area contributed by atoms with Gasteiger partial charge in [-0.3, -0.25) is 0 Å². The minimum atomic E-state index is 0.179. The van der Waals surface area contributed by atoms with Gasteiger partial charge in [0.25, 0.3) is 0 Å². The topological polar surface area (TPSA) is 118 Å². The molecule has 7 heteroatoms. The fraction of sp³-hybridized carbons (Fsp3) is 1.00. The van der Waals surface area contributed by atoms with Crippen LogP contribution in [0, 0.1) is 46.3 Å². The zero-order valence-electron chi connectivity index (χ0n) is 37.7.